The number of fused-ring (bicyclic) bond motifs is 1. The molecule has 0 aliphatic carbocycles. The highest BCUT2D eigenvalue weighted by Gasteiger charge is 2.11. The van der Waals surface area contributed by atoms with Crippen molar-refractivity contribution in [3.63, 3.8) is 0 Å². The Kier molecular flexibility index (Phi) is 2.61. The highest BCUT2D eigenvalue weighted by molar-refractivity contribution is 7.16. The third-order valence-corrected chi connectivity index (χ3v) is 4.90. The minimum Gasteiger partial charge on any atom is -0.399 e. The van der Waals surface area contributed by atoms with Crippen LogP contribution in [0, 0.1) is 0 Å². The molecule has 0 aliphatic heterocycles. The van der Waals surface area contributed by atoms with Crippen molar-refractivity contribution in [3.8, 4) is 21.8 Å². The molecule has 0 atom stereocenters. The molecule has 0 spiro atoms. The van der Waals surface area contributed by atoms with E-state index in [1.54, 1.807) is 22.7 Å². The molecule has 20 heavy (non-hydrogen) atoms. The molecule has 98 valence electrons. The number of thiazole rings is 1. The first-order chi connectivity index (χ1) is 9.81. The summed E-state index contributed by atoms with van der Waals surface area (Å²) in [7, 11) is 0. The van der Waals surface area contributed by atoms with Gasteiger partial charge in [0, 0.05) is 22.8 Å². The standard InChI is InChI=1S/C15H11N3S2/c16-11-4-1-3-10(7-11)12-8-18-13(9-20-15(18)17-12)14-5-2-6-19-14/h1-9H,16H2. The van der Waals surface area contributed by atoms with Crippen LogP contribution in [0.2, 0.25) is 0 Å². The second-order valence-corrected chi connectivity index (χ2v) is 6.29. The second kappa shape index (κ2) is 4.47. The van der Waals surface area contributed by atoms with Gasteiger partial charge in [-0.05, 0) is 23.6 Å². The van der Waals surface area contributed by atoms with Crippen LogP contribution in [0.1, 0.15) is 0 Å². The zero-order valence-electron chi connectivity index (χ0n) is 10.5. The number of thiophene rings is 1. The molecule has 5 heteroatoms. The van der Waals surface area contributed by atoms with Crippen LogP contribution in [0.25, 0.3) is 26.8 Å². The Labute approximate surface area is 124 Å². The molecule has 2 N–H and O–H groups in total. The molecule has 3 aromatic heterocycles. The summed E-state index contributed by atoms with van der Waals surface area (Å²) in [6.45, 7) is 0. The van der Waals surface area contributed by atoms with E-state index < -0.39 is 0 Å². The fraction of sp³-hybridized carbons (Fsp3) is 0. The maximum Gasteiger partial charge on any atom is 0.194 e. The van der Waals surface area contributed by atoms with Gasteiger partial charge in [-0.25, -0.2) is 4.98 Å². The Morgan fingerprint density at radius 2 is 2.05 bits per heavy atom. The van der Waals surface area contributed by atoms with Crippen molar-refractivity contribution in [2.75, 3.05) is 5.73 Å². The van der Waals surface area contributed by atoms with E-state index in [2.05, 4.69) is 38.5 Å². The molecule has 0 saturated carbocycles. The number of imidazole rings is 1. The van der Waals surface area contributed by atoms with Gasteiger partial charge in [-0.1, -0.05) is 18.2 Å². The highest BCUT2D eigenvalue weighted by Crippen LogP contribution is 2.31. The van der Waals surface area contributed by atoms with E-state index in [4.69, 9.17) is 5.73 Å². The Morgan fingerprint density at radius 3 is 2.85 bits per heavy atom. The molecule has 0 radical (unpaired) electrons. The van der Waals surface area contributed by atoms with Crippen molar-refractivity contribution >= 4 is 33.3 Å². The van der Waals surface area contributed by atoms with Crippen LogP contribution in [-0.2, 0) is 0 Å². The summed E-state index contributed by atoms with van der Waals surface area (Å²) in [6, 6.07) is 12.0. The summed E-state index contributed by atoms with van der Waals surface area (Å²) < 4.78 is 2.15. The largest absolute Gasteiger partial charge is 0.399 e. The molecule has 0 fully saturated rings. The van der Waals surface area contributed by atoms with E-state index in [1.807, 2.05) is 24.3 Å². The van der Waals surface area contributed by atoms with Crippen LogP contribution in [-0.4, -0.2) is 9.38 Å². The van der Waals surface area contributed by atoms with Gasteiger partial charge >= 0.3 is 0 Å². The van der Waals surface area contributed by atoms with Gasteiger partial charge in [0.2, 0.25) is 0 Å². The predicted octanol–water partition coefficient (Wildman–Crippen LogP) is 4.37. The molecule has 1 aromatic carbocycles. The van der Waals surface area contributed by atoms with Crippen molar-refractivity contribution in [1.82, 2.24) is 9.38 Å². The maximum absolute atomic E-state index is 5.84. The summed E-state index contributed by atoms with van der Waals surface area (Å²) in [4.78, 5) is 6.95. The van der Waals surface area contributed by atoms with Crippen LogP contribution < -0.4 is 5.73 Å². The molecular formula is C15H11N3S2. The number of benzene rings is 1. The van der Waals surface area contributed by atoms with Gasteiger partial charge in [-0.15, -0.1) is 22.7 Å². The molecule has 0 unspecified atom stereocenters. The summed E-state index contributed by atoms with van der Waals surface area (Å²) in [5.41, 5.74) is 9.81. The van der Waals surface area contributed by atoms with E-state index in [0.29, 0.717) is 0 Å². The Balaban J connectivity index is 1.88. The molecule has 4 rings (SSSR count). The Hall–Kier alpha value is -2.11. The van der Waals surface area contributed by atoms with Crippen LogP contribution in [0.4, 0.5) is 5.69 Å². The average molecular weight is 297 g/mol. The number of nitrogens with zero attached hydrogens (tertiary/aromatic N) is 2. The van der Waals surface area contributed by atoms with Crippen molar-refractivity contribution < 1.29 is 0 Å². The van der Waals surface area contributed by atoms with Gasteiger partial charge in [0.1, 0.15) is 0 Å². The number of hydrogen-bond donors (Lipinski definition) is 1. The molecule has 4 aromatic rings. The van der Waals surface area contributed by atoms with Gasteiger partial charge < -0.3 is 5.73 Å². The normalized spacial score (nSPS) is 11.2. The van der Waals surface area contributed by atoms with Crippen LogP contribution in [0.15, 0.2) is 53.4 Å². The zero-order valence-corrected chi connectivity index (χ0v) is 12.1. The number of rotatable bonds is 2. The lowest BCUT2D eigenvalue weighted by Gasteiger charge is -1.97. The van der Waals surface area contributed by atoms with Gasteiger partial charge in [0.25, 0.3) is 0 Å². The van der Waals surface area contributed by atoms with Gasteiger partial charge in [0.05, 0.1) is 16.3 Å². The smallest absolute Gasteiger partial charge is 0.194 e. The molecule has 0 amide bonds. The fourth-order valence-electron chi connectivity index (χ4n) is 2.22. The molecule has 0 saturated heterocycles. The van der Waals surface area contributed by atoms with Crippen molar-refractivity contribution in [1.29, 1.82) is 0 Å². The lowest BCUT2D eigenvalue weighted by atomic mass is 10.1. The number of anilines is 1. The quantitative estimate of drug-likeness (QED) is 0.558. The van der Waals surface area contributed by atoms with E-state index >= 15 is 0 Å². The summed E-state index contributed by atoms with van der Waals surface area (Å²) in [5, 5.41) is 4.24. The summed E-state index contributed by atoms with van der Waals surface area (Å²) >= 11 is 3.40. The first-order valence-corrected chi connectivity index (χ1v) is 7.93. The monoisotopic (exact) mass is 297 g/mol. The van der Waals surface area contributed by atoms with E-state index in [-0.39, 0.29) is 0 Å². The molecular weight excluding hydrogens is 286 g/mol. The van der Waals surface area contributed by atoms with Gasteiger partial charge in [-0.2, -0.15) is 0 Å². The van der Waals surface area contributed by atoms with Gasteiger partial charge in [0.15, 0.2) is 4.96 Å². The SMILES string of the molecule is Nc1cccc(-c2cn3c(-c4cccs4)csc3n2)c1. The number of nitrogen functional groups attached to an aromatic ring is 1. The molecule has 0 aliphatic rings. The first kappa shape index (κ1) is 11.7. The number of aromatic nitrogens is 2. The van der Waals surface area contributed by atoms with Crippen LogP contribution in [0.5, 0.6) is 0 Å². The first-order valence-electron chi connectivity index (χ1n) is 6.18. The highest BCUT2D eigenvalue weighted by atomic mass is 32.1. The summed E-state index contributed by atoms with van der Waals surface area (Å²) in [5.74, 6) is 0. The maximum atomic E-state index is 5.84. The minimum absolute atomic E-state index is 0.761. The third-order valence-electron chi connectivity index (χ3n) is 3.17. The van der Waals surface area contributed by atoms with Crippen molar-refractivity contribution in [2.45, 2.75) is 0 Å². The number of nitrogens with two attached hydrogens (primary N) is 1. The van der Waals surface area contributed by atoms with E-state index in [0.717, 1.165) is 21.9 Å². The van der Waals surface area contributed by atoms with Crippen LogP contribution >= 0.6 is 22.7 Å². The Bertz CT molecular complexity index is 872. The third kappa shape index (κ3) is 1.83. The van der Waals surface area contributed by atoms with Gasteiger partial charge in [-0.3, -0.25) is 4.40 Å². The Morgan fingerprint density at radius 1 is 1.10 bits per heavy atom. The van der Waals surface area contributed by atoms with E-state index in [1.165, 1.54) is 10.6 Å². The van der Waals surface area contributed by atoms with Crippen molar-refractivity contribution in [2.24, 2.45) is 0 Å². The van der Waals surface area contributed by atoms with Crippen molar-refractivity contribution in [3.05, 3.63) is 53.4 Å². The topological polar surface area (TPSA) is 43.3 Å². The average Bonchev–Trinajstić information content (AvgIpc) is 3.14. The molecule has 3 heterocycles. The predicted molar refractivity (Wildman–Crippen MR) is 86.2 cm³/mol. The molecule has 0 bridgehead atoms. The molecule has 3 nitrogen and oxygen atoms in total. The lowest BCUT2D eigenvalue weighted by Crippen LogP contribution is -1.85. The van der Waals surface area contributed by atoms with Crippen LogP contribution in [0.3, 0.4) is 0 Å². The second-order valence-electron chi connectivity index (χ2n) is 4.50. The number of hydrogen-bond acceptors (Lipinski definition) is 4. The minimum atomic E-state index is 0.761. The zero-order chi connectivity index (χ0) is 13.5. The summed E-state index contributed by atoms with van der Waals surface area (Å²) in [6.07, 6.45) is 2.08. The van der Waals surface area contributed by atoms with E-state index in [9.17, 15) is 0 Å². The lowest BCUT2D eigenvalue weighted by molar-refractivity contribution is 1.24. The fourth-order valence-corrected chi connectivity index (χ4v) is 3.91.